The number of rotatable bonds is 6. The van der Waals surface area contributed by atoms with Gasteiger partial charge in [0, 0.05) is 23.7 Å². The minimum Gasteiger partial charge on any atom is -0.480 e. The SMILES string of the molecule is CNC(C)c1ccc(F)cc1OC(C)C(=O)NC1CC1. The van der Waals surface area contributed by atoms with Gasteiger partial charge in [0.15, 0.2) is 6.10 Å². The van der Waals surface area contributed by atoms with Gasteiger partial charge in [-0.3, -0.25) is 4.79 Å². The number of hydrogen-bond acceptors (Lipinski definition) is 3. The van der Waals surface area contributed by atoms with E-state index in [2.05, 4.69) is 10.6 Å². The van der Waals surface area contributed by atoms with Crippen LogP contribution < -0.4 is 15.4 Å². The van der Waals surface area contributed by atoms with Crippen molar-refractivity contribution < 1.29 is 13.9 Å². The van der Waals surface area contributed by atoms with Crippen molar-refractivity contribution in [3.05, 3.63) is 29.6 Å². The first kappa shape index (κ1) is 14.8. The predicted octanol–water partition coefficient (Wildman–Crippen LogP) is 2.15. The van der Waals surface area contributed by atoms with Gasteiger partial charge in [0.05, 0.1) is 0 Å². The van der Waals surface area contributed by atoms with E-state index in [0.29, 0.717) is 5.75 Å². The van der Waals surface area contributed by atoms with E-state index in [9.17, 15) is 9.18 Å². The molecule has 2 rings (SSSR count). The third-order valence-corrected chi connectivity index (χ3v) is 3.47. The van der Waals surface area contributed by atoms with Crippen molar-refractivity contribution >= 4 is 5.91 Å². The Bertz CT molecular complexity index is 489. The highest BCUT2D eigenvalue weighted by Gasteiger charge is 2.27. The Morgan fingerprint density at radius 1 is 1.40 bits per heavy atom. The molecular weight excluding hydrogens is 259 g/mol. The molecule has 1 aliphatic rings. The lowest BCUT2D eigenvalue weighted by Crippen LogP contribution is -2.37. The van der Waals surface area contributed by atoms with E-state index in [1.807, 2.05) is 14.0 Å². The van der Waals surface area contributed by atoms with Crippen LogP contribution >= 0.6 is 0 Å². The maximum Gasteiger partial charge on any atom is 0.260 e. The second-order valence-corrected chi connectivity index (χ2v) is 5.24. The Morgan fingerprint density at radius 3 is 2.70 bits per heavy atom. The average Bonchev–Trinajstić information content (AvgIpc) is 3.22. The zero-order valence-corrected chi connectivity index (χ0v) is 12.1. The van der Waals surface area contributed by atoms with Crippen molar-refractivity contribution in [2.24, 2.45) is 0 Å². The van der Waals surface area contributed by atoms with Crippen LogP contribution in [0.3, 0.4) is 0 Å². The summed E-state index contributed by atoms with van der Waals surface area (Å²) in [6.45, 7) is 3.63. The molecule has 20 heavy (non-hydrogen) atoms. The molecule has 0 spiro atoms. The number of amides is 1. The Hall–Kier alpha value is -1.62. The molecule has 2 N–H and O–H groups in total. The van der Waals surface area contributed by atoms with Crippen molar-refractivity contribution in [3.8, 4) is 5.75 Å². The van der Waals surface area contributed by atoms with Crippen LogP contribution in [-0.4, -0.2) is 25.1 Å². The number of carbonyl (C=O) groups excluding carboxylic acids is 1. The molecule has 110 valence electrons. The van der Waals surface area contributed by atoms with Gasteiger partial charge < -0.3 is 15.4 Å². The monoisotopic (exact) mass is 280 g/mol. The Morgan fingerprint density at radius 2 is 2.10 bits per heavy atom. The van der Waals surface area contributed by atoms with Gasteiger partial charge in [-0.1, -0.05) is 6.07 Å². The summed E-state index contributed by atoms with van der Waals surface area (Å²) in [4.78, 5) is 11.9. The first-order chi connectivity index (χ1) is 9.51. The van der Waals surface area contributed by atoms with Crippen LogP contribution in [0.4, 0.5) is 4.39 Å². The van der Waals surface area contributed by atoms with Crippen LogP contribution in [0, 0.1) is 5.82 Å². The molecule has 0 aromatic heterocycles. The molecule has 0 heterocycles. The minimum absolute atomic E-state index is 0.0179. The molecule has 2 atom stereocenters. The molecular formula is C15H21FN2O2. The smallest absolute Gasteiger partial charge is 0.260 e. The number of ether oxygens (including phenoxy) is 1. The fourth-order valence-corrected chi connectivity index (χ4v) is 1.91. The first-order valence-corrected chi connectivity index (χ1v) is 6.95. The highest BCUT2D eigenvalue weighted by atomic mass is 19.1. The summed E-state index contributed by atoms with van der Waals surface area (Å²) in [6, 6.07) is 4.70. The number of hydrogen-bond donors (Lipinski definition) is 2. The van der Waals surface area contributed by atoms with E-state index in [1.54, 1.807) is 13.0 Å². The third kappa shape index (κ3) is 3.70. The average molecular weight is 280 g/mol. The number of carbonyl (C=O) groups is 1. The molecule has 0 radical (unpaired) electrons. The lowest BCUT2D eigenvalue weighted by Gasteiger charge is -2.20. The highest BCUT2D eigenvalue weighted by Crippen LogP contribution is 2.27. The van der Waals surface area contributed by atoms with Crippen LogP contribution in [0.1, 0.15) is 38.3 Å². The highest BCUT2D eigenvalue weighted by molar-refractivity contribution is 5.81. The zero-order chi connectivity index (χ0) is 14.7. The maximum absolute atomic E-state index is 13.4. The number of benzene rings is 1. The number of nitrogens with one attached hydrogen (secondary N) is 2. The van der Waals surface area contributed by atoms with Crippen molar-refractivity contribution in [1.29, 1.82) is 0 Å². The summed E-state index contributed by atoms with van der Waals surface area (Å²) in [5.41, 5.74) is 0.833. The molecule has 0 saturated heterocycles. The van der Waals surface area contributed by atoms with E-state index in [4.69, 9.17) is 4.74 Å². The third-order valence-electron chi connectivity index (χ3n) is 3.47. The van der Waals surface area contributed by atoms with Crippen LogP contribution in [0.5, 0.6) is 5.75 Å². The Kier molecular flexibility index (Phi) is 4.60. The fourth-order valence-electron chi connectivity index (χ4n) is 1.91. The largest absolute Gasteiger partial charge is 0.480 e. The Balaban J connectivity index is 2.09. The van der Waals surface area contributed by atoms with Crippen molar-refractivity contribution in [2.45, 2.75) is 44.9 Å². The summed E-state index contributed by atoms with van der Waals surface area (Å²) in [5.74, 6) is -0.119. The van der Waals surface area contributed by atoms with E-state index in [0.717, 1.165) is 18.4 Å². The van der Waals surface area contributed by atoms with Gasteiger partial charge in [-0.2, -0.15) is 0 Å². The minimum atomic E-state index is -0.639. The molecule has 0 aliphatic heterocycles. The molecule has 1 aromatic carbocycles. The lowest BCUT2D eigenvalue weighted by molar-refractivity contribution is -0.127. The van der Waals surface area contributed by atoms with Crippen molar-refractivity contribution in [3.63, 3.8) is 0 Å². The quantitative estimate of drug-likeness (QED) is 0.839. The van der Waals surface area contributed by atoms with E-state index < -0.39 is 6.10 Å². The van der Waals surface area contributed by atoms with Crippen LogP contribution in [0.25, 0.3) is 0 Å². The molecule has 1 fully saturated rings. The summed E-state index contributed by atoms with van der Waals surface area (Å²) >= 11 is 0. The normalized spacial score (nSPS) is 17.4. The molecule has 1 aliphatic carbocycles. The molecule has 0 bridgehead atoms. The summed E-state index contributed by atoms with van der Waals surface area (Å²) in [5, 5.41) is 5.96. The maximum atomic E-state index is 13.4. The summed E-state index contributed by atoms with van der Waals surface area (Å²) < 4.78 is 19.0. The van der Waals surface area contributed by atoms with Gasteiger partial charge in [0.1, 0.15) is 11.6 Å². The number of halogens is 1. The second-order valence-electron chi connectivity index (χ2n) is 5.24. The van der Waals surface area contributed by atoms with Crippen molar-refractivity contribution in [1.82, 2.24) is 10.6 Å². The zero-order valence-electron chi connectivity index (χ0n) is 12.1. The van der Waals surface area contributed by atoms with Crippen LogP contribution in [-0.2, 0) is 4.79 Å². The molecule has 2 unspecified atom stereocenters. The summed E-state index contributed by atoms with van der Waals surface area (Å²) in [6.07, 6.45) is 1.42. The van der Waals surface area contributed by atoms with Gasteiger partial charge in [-0.05, 0) is 39.8 Å². The lowest BCUT2D eigenvalue weighted by atomic mass is 10.1. The van der Waals surface area contributed by atoms with Gasteiger partial charge in [-0.25, -0.2) is 4.39 Å². The first-order valence-electron chi connectivity index (χ1n) is 6.95. The predicted molar refractivity (Wildman–Crippen MR) is 75.1 cm³/mol. The van der Waals surface area contributed by atoms with Crippen LogP contribution in [0.15, 0.2) is 18.2 Å². The molecule has 1 amide bonds. The van der Waals surface area contributed by atoms with E-state index in [1.165, 1.54) is 12.1 Å². The van der Waals surface area contributed by atoms with Gasteiger partial charge in [0.2, 0.25) is 0 Å². The van der Waals surface area contributed by atoms with Gasteiger partial charge >= 0.3 is 0 Å². The molecule has 4 nitrogen and oxygen atoms in total. The van der Waals surface area contributed by atoms with Crippen LogP contribution in [0.2, 0.25) is 0 Å². The van der Waals surface area contributed by atoms with Crippen molar-refractivity contribution in [2.75, 3.05) is 7.05 Å². The summed E-state index contributed by atoms with van der Waals surface area (Å²) in [7, 11) is 1.82. The molecule has 5 heteroatoms. The molecule has 1 saturated carbocycles. The van der Waals surface area contributed by atoms with Gasteiger partial charge in [0.25, 0.3) is 5.91 Å². The Labute approximate surface area is 118 Å². The topological polar surface area (TPSA) is 50.4 Å². The fraction of sp³-hybridized carbons (Fsp3) is 0.533. The second kappa shape index (κ2) is 6.22. The van der Waals surface area contributed by atoms with E-state index in [-0.39, 0.29) is 23.8 Å². The van der Waals surface area contributed by atoms with Gasteiger partial charge in [-0.15, -0.1) is 0 Å². The molecule has 1 aromatic rings. The van der Waals surface area contributed by atoms with E-state index >= 15 is 0 Å². The standard InChI is InChI=1S/C15H21FN2O2/c1-9(17-3)13-7-4-11(16)8-14(13)20-10(2)15(19)18-12-5-6-12/h4,7-10,12,17H,5-6H2,1-3H3,(H,18,19).